The summed E-state index contributed by atoms with van der Waals surface area (Å²) in [6, 6.07) is 10.2. The SMILES string of the molecule is COC1CCC(NC(=O)c2csc(-c3ccccc3)n2)CC1. The molecule has 3 rings (SSSR count). The van der Waals surface area contributed by atoms with Crippen LogP contribution in [0.5, 0.6) is 0 Å². The number of hydrogen-bond acceptors (Lipinski definition) is 4. The van der Waals surface area contributed by atoms with Gasteiger partial charge in [-0.1, -0.05) is 30.3 Å². The van der Waals surface area contributed by atoms with E-state index < -0.39 is 0 Å². The molecule has 0 saturated heterocycles. The van der Waals surface area contributed by atoms with Crippen molar-refractivity contribution in [2.75, 3.05) is 7.11 Å². The monoisotopic (exact) mass is 316 g/mol. The number of methoxy groups -OCH3 is 1. The van der Waals surface area contributed by atoms with Crippen LogP contribution in [-0.2, 0) is 4.74 Å². The average Bonchev–Trinajstić information content (AvgIpc) is 3.06. The van der Waals surface area contributed by atoms with Crippen LogP contribution >= 0.6 is 11.3 Å². The molecule has 1 aliphatic carbocycles. The van der Waals surface area contributed by atoms with Crippen LogP contribution in [0.2, 0.25) is 0 Å². The number of amides is 1. The number of nitrogens with zero attached hydrogens (tertiary/aromatic N) is 1. The summed E-state index contributed by atoms with van der Waals surface area (Å²) in [5, 5.41) is 5.81. The van der Waals surface area contributed by atoms with Crippen LogP contribution in [0.25, 0.3) is 10.6 Å². The number of aromatic nitrogens is 1. The van der Waals surface area contributed by atoms with Gasteiger partial charge in [-0.3, -0.25) is 4.79 Å². The van der Waals surface area contributed by atoms with Gasteiger partial charge < -0.3 is 10.1 Å². The summed E-state index contributed by atoms with van der Waals surface area (Å²) in [4.78, 5) is 16.8. The second-order valence-corrected chi connectivity index (χ2v) is 6.44. The molecule has 5 heteroatoms. The molecular formula is C17H20N2O2S. The molecule has 4 nitrogen and oxygen atoms in total. The topological polar surface area (TPSA) is 51.2 Å². The Bertz CT molecular complexity index is 619. The summed E-state index contributed by atoms with van der Waals surface area (Å²) < 4.78 is 5.36. The summed E-state index contributed by atoms with van der Waals surface area (Å²) in [5.41, 5.74) is 1.56. The van der Waals surface area contributed by atoms with Crippen molar-refractivity contribution < 1.29 is 9.53 Å². The minimum atomic E-state index is -0.0701. The number of thiazole rings is 1. The van der Waals surface area contributed by atoms with Gasteiger partial charge in [0.15, 0.2) is 0 Å². The van der Waals surface area contributed by atoms with Gasteiger partial charge in [-0.15, -0.1) is 11.3 Å². The molecule has 1 heterocycles. The van der Waals surface area contributed by atoms with Gasteiger partial charge in [0.25, 0.3) is 5.91 Å². The zero-order chi connectivity index (χ0) is 15.4. The van der Waals surface area contributed by atoms with E-state index in [9.17, 15) is 4.79 Å². The highest BCUT2D eigenvalue weighted by Crippen LogP contribution is 2.24. The van der Waals surface area contributed by atoms with Crippen molar-refractivity contribution in [2.45, 2.75) is 37.8 Å². The molecule has 0 atom stereocenters. The molecular weight excluding hydrogens is 296 g/mol. The molecule has 1 aromatic carbocycles. The molecule has 0 aliphatic heterocycles. The fourth-order valence-corrected chi connectivity index (χ4v) is 3.60. The lowest BCUT2D eigenvalue weighted by Gasteiger charge is -2.27. The lowest BCUT2D eigenvalue weighted by atomic mass is 9.93. The van der Waals surface area contributed by atoms with Gasteiger partial charge >= 0.3 is 0 Å². The second kappa shape index (κ2) is 7.03. The van der Waals surface area contributed by atoms with Crippen LogP contribution in [0.4, 0.5) is 0 Å². The molecule has 1 N–H and O–H groups in total. The zero-order valence-electron chi connectivity index (χ0n) is 12.6. The van der Waals surface area contributed by atoms with Crippen LogP contribution in [-0.4, -0.2) is 30.1 Å². The third-order valence-electron chi connectivity index (χ3n) is 4.10. The lowest BCUT2D eigenvalue weighted by Crippen LogP contribution is -2.39. The van der Waals surface area contributed by atoms with E-state index in [2.05, 4.69) is 10.3 Å². The Balaban J connectivity index is 1.60. The fraction of sp³-hybridized carbons (Fsp3) is 0.412. The first-order chi connectivity index (χ1) is 10.8. The fourth-order valence-electron chi connectivity index (χ4n) is 2.79. The molecule has 0 spiro atoms. The molecule has 0 bridgehead atoms. The number of nitrogens with one attached hydrogen (secondary N) is 1. The minimum Gasteiger partial charge on any atom is -0.381 e. The number of rotatable bonds is 4. The smallest absolute Gasteiger partial charge is 0.270 e. The molecule has 2 aromatic rings. The Labute approximate surface area is 134 Å². The molecule has 1 aliphatic rings. The van der Waals surface area contributed by atoms with Crippen molar-refractivity contribution in [1.82, 2.24) is 10.3 Å². The second-order valence-electron chi connectivity index (χ2n) is 5.59. The standard InChI is InChI=1S/C17H20N2O2S/c1-21-14-9-7-13(8-10-14)18-16(20)15-11-22-17(19-15)12-5-3-2-4-6-12/h2-6,11,13-14H,7-10H2,1H3,(H,18,20). The van der Waals surface area contributed by atoms with E-state index in [0.29, 0.717) is 11.8 Å². The highest BCUT2D eigenvalue weighted by atomic mass is 32.1. The predicted octanol–water partition coefficient (Wildman–Crippen LogP) is 3.50. The number of carbonyl (C=O) groups is 1. The summed E-state index contributed by atoms with van der Waals surface area (Å²) in [6.45, 7) is 0. The highest BCUT2D eigenvalue weighted by molar-refractivity contribution is 7.13. The van der Waals surface area contributed by atoms with Crippen molar-refractivity contribution in [3.8, 4) is 10.6 Å². The van der Waals surface area contributed by atoms with Crippen molar-refractivity contribution in [1.29, 1.82) is 0 Å². The van der Waals surface area contributed by atoms with Crippen LogP contribution in [0.15, 0.2) is 35.7 Å². The van der Waals surface area contributed by atoms with Crippen LogP contribution < -0.4 is 5.32 Å². The number of ether oxygens (including phenoxy) is 1. The van der Waals surface area contributed by atoms with E-state index in [1.165, 1.54) is 11.3 Å². The van der Waals surface area contributed by atoms with Gasteiger partial charge in [-0.2, -0.15) is 0 Å². The molecule has 1 fully saturated rings. The first-order valence-electron chi connectivity index (χ1n) is 7.61. The third-order valence-corrected chi connectivity index (χ3v) is 4.99. The third kappa shape index (κ3) is 3.54. The van der Waals surface area contributed by atoms with E-state index >= 15 is 0 Å². The van der Waals surface area contributed by atoms with Crippen molar-refractivity contribution in [3.63, 3.8) is 0 Å². The van der Waals surface area contributed by atoms with E-state index in [-0.39, 0.29) is 11.9 Å². The number of carbonyl (C=O) groups excluding carboxylic acids is 1. The molecule has 0 radical (unpaired) electrons. The Kier molecular flexibility index (Phi) is 4.85. The Morgan fingerprint density at radius 3 is 2.64 bits per heavy atom. The van der Waals surface area contributed by atoms with Crippen LogP contribution in [0.3, 0.4) is 0 Å². The molecule has 0 unspecified atom stereocenters. The van der Waals surface area contributed by atoms with Gasteiger partial charge in [0, 0.05) is 24.1 Å². The van der Waals surface area contributed by atoms with E-state index in [1.54, 1.807) is 7.11 Å². The van der Waals surface area contributed by atoms with Gasteiger partial charge in [0.05, 0.1) is 6.10 Å². The maximum atomic E-state index is 12.3. The molecule has 1 amide bonds. The first kappa shape index (κ1) is 15.2. The Morgan fingerprint density at radius 1 is 1.23 bits per heavy atom. The Hall–Kier alpha value is -1.72. The van der Waals surface area contributed by atoms with Gasteiger partial charge in [0.1, 0.15) is 10.7 Å². The van der Waals surface area contributed by atoms with Crippen LogP contribution in [0, 0.1) is 0 Å². The van der Waals surface area contributed by atoms with Crippen LogP contribution in [0.1, 0.15) is 36.2 Å². The highest BCUT2D eigenvalue weighted by Gasteiger charge is 2.23. The summed E-state index contributed by atoms with van der Waals surface area (Å²) >= 11 is 1.51. The molecule has 116 valence electrons. The van der Waals surface area contributed by atoms with E-state index in [4.69, 9.17) is 4.74 Å². The summed E-state index contributed by atoms with van der Waals surface area (Å²) in [5.74, 6) is -0.0701. The number of hydrogen-bond donors (Lipinski definition) is 1. The quantitative estimate of drug-likeness (QED) is 0.939. The molecule has 22 heavy (non-hydrogen) atoms. The van der Waals surface area contributed by atoms with Gasteiger partial charge in [-0.25, -0.2) is 4.98 Å². The van der Waals surface area contributed by atoms with Crippen molar-refractivity contribution in [2.24, 2.45) is 0 Å². The minimum absolute atomic E-state index is 0.0701. The number of benzene rings is 1. The predicted molar refractivity (Wildman–Crippen MR) is 88.1 cm³/mol. The van der Waals surface area contributed by atoms with E-state index in [1.807, 2.05) is 35.7 Å². The summed E-state index contributed by atoms with van der Waals surface area (Å²) in [6.07, 6.45) is 4.30. The maximum Gasteiger partial charge on any atom is 0.270 e. The normalized spacial score (nSPS) is 21.5. The van der Waals surface area contributed by atoms with Gasteiger partial charge in [-0.05, 0) is 25.7 Å². The van der Waals surface area contributed by atoms with Crippen molar-refractivity contribution >= 4 is 17.2 Å². The molecule has 1 saturated carbocycles. The van der Waals surface area contributed by atoms with Crippen molar-refractivity contribution in [3.05, 3.63) is 41.4 Å². The van der Waals surface area contributed by atoms with Gasteiger partial charge in [0.2, 0.25) is 0 Å². The Morgan fingerprint density at radius 2 is 1.95 bits per heavy atom. The molecule has 1 aromatic heterocycles. The largest absolute Gasteiger partial charge is 0.381 e. The first-order valence-corrected chi connectivity index (χ1v) is 8.49. The summed E-state index contributed by atoms with van der Waals surface area (Å²) in [7, 11) is 1.75. The lowest BCUT2D eigenvalue weighted by molar-refractivity contribution is 0.0598. The average molecular weight is 316 g/mol. The maximum absolute atomic E-state index is 12.3. The van der Waals surface area contributed by atoms with E-state index in [0.717, 1.165) is 36.3 Å². The zero-order valence-corrected chi connectivity index (χ0v) is 13.4.